The quantitative estimate of drug-likeness (QED) is 0.814. The van der Waals surface area contributed by atoms with Gasteiger partial charge in [-0.2, -0.15) is 0 Å². The lowest BCUT2D eigenvalue weighted by Crippen LogP contribution is -2.54. The summed E-state index contributed by atoms with van der Waals surface area (Å²) in [5, 5.41) is 3.71. The van der Waals surface area contributed by atoms with Gasteiger partial charge in [-0.25, -0.2) is 0 Å². The van der Waals surface area contributed by atoms with E-state index in [4.69, 9.17) is 16.3 Å². The summed E-state index contributed by atoms with van der Waals surface area (Å²) >= 11 is 6.24. The van der Waals surface area contributed by atoms with Crippen LogP contribution in [0.2, 0.25) is 5.02 Å². The highest BCUT2D eigenvalue weighted by Crippen LogP contribution is 2.36. The third-order valence-corrected chi connectivity index (χ3v) is 6.26. The molecule has 1 heterocycles. The lowest BCUT2D eigenvalue weighted by Gasteiger charge is -2.44. The van der Waals surface area contributed by atoms with Crippen LogP contribution in [-0.2, 0) is 16.1 Å². The van der Waals surface area contributed by atoms with Crippen LogP contribution in [0, 0.1) is 0 Å². The maximum Gasteiger partial charge on any atom is 0.251 e. The Morgan fingerprint density at radius 2 is 1.79 bits per heavy atom. The van der Waals surface area contributed by atoms with Crippen LogP contribution in [0.4, 0.5) is 0 Å². The van der Waals surface area contributed by atoms with E-state index in [1.165, 1.54) is 25.7 Å². The molecule has 1 amide bonds. The van der Waals surface area contributed by atoms with Crippen molar-refractivity contribution in [2.45, 2.75) is 50.4 Å². The fraction of sp³-hybridized carbons (Fsp3) is 0.435. The summed E-state index contributed by atoms with van der Waals surface area (Å²) in [6, 6.07) is 18.4. The summed E-state index contributed by atoms with van der Waals surface area (Å²) in [5.41, 5.74) is 2.06. The molecule has 148 valence electrons. The molecule has 4 rings (SSSR count). The van der Waals surface area contributed by atoms with Gasteiger partial charge in [0.25, 0.3) is 5.91 Å². The highest BCUT2D eigenvalue weighted by atomic mass is 35.5. The normalized spacial score (nSPS) is 23.6. The van der Waals surface area contributed by atoms with Crippen LogP contribution < -0.4 is 5.32 Å². The minimum atomic E-state index is -0.515. The topological polar surface area (TPSA) is 41.6 Å². The Labute approximate surface area is 171 Å². The molecule has 0 spiro atoms. The molecule has 2 aromatic rings. The Morgan fingerprint density at radius 1 is 1.07 bits per heavy atom. The van der Waals surface area contributed by atoms with Gasteiger partial charge in [0.05, 0.1) is 12.6 Å². The third kappa shape index (κ3) is 4.24. The van der Waals surface area contributed by atoms with Crippen molar-refractivity contribution in [2.24, 2.45) is 0 Å². The van der Waals surface area contributed by atoms with E-state index in [9.17, 15) is 4.79 Å². The average Bonchev–Trinajstić information content (AvgIpc) is 3.28. The van der Waals surface area contributed by atoms with Crippen molar-refractivity contribution < 1.29 is 9.53 Å². The standard InChI is InChI=1S/C23H27ClN2O2/c24-20-13-7-4-10-18(20)16-25-23(27)22-21(17-8-2-1-3-9-17)26(14-15-28-22)19-11-5-6-12-19/h1-4,7-10,13,19,21-22H,5-6,11-12,14-16H2,(H,25,27). The summed E-state index contributed by atoms with van der Waals surface area (Å²) in [6.45, 7) is 1.87. The third-order valence-electron chi connectivity index (χ3n) is 5.90. The maximum atomic E-state index is 13.1. The molecule has 0 bridgehead atoms. The number of benzene rings is 2. The van der Waals surface area contributed by atoms with Gasteiger partial charge in [0, 0.05) is 24.2 Å². The van der Waals surface area contributed by atoms with E-state index in [0.29, 0.717) is 24.2 Å². The minimum absolute atomic E-state index is 0.0516. The molecule has 2 aromatic carbocycles. The number of ether oxygens (including phenoxy) is 1. The Morgan fingerprint density at radius 3 is 2.54 bits per heavy atom. The zero-order valence-electron chi connectivity index (χ0n) is 16.0. The first-order valence-electron chi connectivity index (χ1n) is 10.2. The predicted octanol–water partition coefficient (Wildman–Crippen LogP) is 4.34. The molecule has 1 aliphatic heterocycles. The van der Waals surface area contributed by atoms with Crippen molar-refractivity contribution in [3.63, 3.8) is 0 Å². The van der Waals surface area contributed by atoms with Gasteiger partial charge in [-0.15, -0.1) is 0 Å². The number of hydrogen-bond donors (Lipinski definition) is 1. The zero-order valence-corrected chi connectivity index (χ0v) is 16.8. The smallest absolute Gasteiger partial charge is 0.251 e. The lowest BCUT2D eigenvalue weighted by atomic mass is 9.95. The van der Waals surface area contributed by atoms with Crippen molar-refractivity contribution in [1.29, 1.82) is 0 Å². The number of amides is 1. The van der Waals surface area contributed by atoms with Crippen LogP contribution in [-0.4, -0.2) is 36.1 Å². The van der Waals surface area contributed by atoms with Gasteiger partial charge in [0.2, 0.25) is 0 Å². The number of carbonyl (C=O) groups is 1. The summed E-state index contributed by atoms with van der Waals surface area (Å²) in [6.07, 6.45) is 4.44. The van der Waals surface area contributed by atoms with E-state index < -0.39 is 6.10 Å². The first-order valence-corrected chi connectivity index (χ1v) is 10.6. The Hall–Kier alpha value is -1.88. The van der Waals surface area contributed by atoms with Crippen LogP contribution in [0.3, 0.4) is 0 Å². The highest BCUT2D eigenvalue weighted by molar-refractivity contribution is 6.31. The van der Waals surface area contributed by atoms with Crippen LogP contribution in [0.25, 0.3) is 0 Å². The SMILES string of the molecule is O=C(NCc1ccccc1Cl)C1OCCN(C2CCCC2)C1c1ccccc1. The van der Waals surface area contributed by atoms with Gasteiger partial charge >= 0.3 is 0 Å². The zero-order chi connectivity index (χ0) is 19.3. The van der Waals surface area contributed by atoms with Crippen molar-refractivity contribution in [3.8, 4) is 0 Å². The Bertz CT molecular complexity index is 792. The predicted molar refractivity (Wildman–Crippen MR) is 111 cm³/mol. The summed E-state index contributed by atoms with van der Waals surface area (Å²) in [4.78, 5) is 15.6. The van der Waals surface area contributed by atoms with E-state index in [1.807, 2.05) is 42.5 Å². The minimum Gasteiger partial charge on any atom is -0.365 e. The van der Waals surface area contributed by atoms with Crippen molar-refractivity contribution >= 4 is 17.5 Å². The number of nitrogens with zero attached hydrogens (tertiary/aromatic N) is 1. The van der Waals surface area contributed by atoms with Crippen molar-refractivity contribution in [3.05, 3.63) is 70.7 Å². The van der Waals surface area contributed by atoms with E-state index >= 15 is 0 Å². The fourth-order valence-corrected chi connectivity index (χ4v) is 4.70. The second kappa shape index (κ2) is 9.08. The van der Waals surface area contributed by atoms with E-state index in [0.717, 1.165) is 17.7 Å². The number of morpholine rings is 1. The second-order valence-electron chi connectivity index (χ2n) is 7.63. The summed E-state index contributed by atoms with van der Waals surface area (Å²) in [7, 11) is 0. The number of rotatable bonds is 5. The van der Waals surface area contributed by atoms with E-state index in [1.54, 1.807) is 0 Å². The number of halogens is 1. The Kier molecular flexibility index (Phi) is 6.30. The van der Waals surface area contributed by atoms with Gasteiger partial charge in [-0.3, -0.25) is 9.69 Å². The average molecular weight is 399 g/mol. The van der Waals surface area contributed by atoms with Gasteiger partial charge < -0.3 is 10.1 Å². The largest absolute Gasteiger partial charge is 0.365 e. The van der Waals surface area contributed by atoms with Crippen molar-refractivity contribution in [1.82, 2.24) is 10.2 Å². The van der Waals surface area contributed by atoms with Gasteiger partial charge in [-0.1, -0.05) is 73.0 Å². The summed E-state index contributed by atoms with van der Waals surface area (Å²) in [5.74, 6) is -0.0727. The molecule has 4 nitrogen and oxygen atoms in total. The molecule has 1 N–H and O–H groups in total. The van der Waals surface area contributed by atoms with E-state index in [-0.39, 0.29) is 11.9 Å². The van der Waals surface area contributed by atoms with Crippen LogP contribution in [0.15, 0.2) is 54.6 Å². The van der Waals surface area contributed by atoms with Crippen LogP contribution in [0.1, 0.15) is 42.9 Å². The first-order chi connectivity index (χ1) is 13.7. The van der Waals surface area contributed by atoms with Crippen LogP contribution in [0.5, 0.6) is 0 Å². The number of hydrogen-bond acceptors (Lipinski definition) is 3. The molecule has 0 radical (unpaired) electrons. The molecule has 1 aliphatic carbocycles. The number of nitrogens with one attached hydrogen (secondary N) is 1. The molecular weight excluding hydrogens is 372 g/mol. The molecule has 1 saturated carbocycles. The fourth-order valence-electron chi connectivity index (χ4n) is 4.50. The highest BCUT2D eigenvalue weighted by Gasteiger charge is 2.41. The lowest BCUT2D eigenvalue weighted by molar-refractivity contribution is -0.148. The monoisotopic (exact) mass is 398 g/mol. The maximum absolute atomic E-state index is 13.1. The first kappa shape index (κ1) is 19.4. The molecule has 28 heavy (non-hydrogen) atoms. The number of carbonyl (C=O) groups excluding carboxylic acids is 1. The molecule has 2 atom stereocenters. The molecule has 5 heteroatoms. The molecular formula is C23H27ClN2O2. The molecule has 1 saturated heterocycles. The second-order valence-corrected chi connectivity index (χ2v) is 8.04. The molecule has 2 unspecified atom stereocenters. The van der Waals surface area contributed by atoms with Crippen LogP contribution >= 0.6 is 11.6 Å². The summed E-state index contributed by atoms with van der Waals surface area (Å²) < 4.78 is 6.03. The molecule has 2 fully saturated rings. The van der Waals surface area contributed by atoms with E-state index in [2.05, 4.69) is 22.3 Å². The van der Waals surface area contributed by atoms with Gasteiger partial charge in [-0.05, 0) is 30.0 Å². The van der Waals surface area contributed by atoms with Gasteiger partial charge in [0.1, 0.15) is 0 Å². The van der Waals surface area contributed by atoms with Gasteiger partial charge in [0.15, 0.2) is 6.10 Å². The molecule has 0 aromatic heterocycles. The van der Waals surface area contributed by atoms with Crippen molar-refractivity contribution in [2.75, 3.05) is 13.2 Å². The molecule has 2 aliphatic rings. The Balaban J connectivity index is 1.54.